The summed E-state index contributed by atoms with van der Waals surface area (Å²) in [7, 11) is 0. The van der Waals surface area contributed by atoms with Gasteiger partial charge in [0.2, 0.25) is 5.91 Å². The number of aliphatic hydroxyl groups is 1. The number of fused-ring (bicyclic) bond motifs is 1. The fraction of sp³-hybridized carbons (Fsp3) is 0.556. The molecule has 124 valence electrons. The van der Waals surface area contributed by atoms with Crippen molar-refractivity contribution in [2.24, 2.45) is 5.92 Å². The van der Waals surface area contributed by atoms with Crippen LogP contribution < -0.4 is 5.32 Å². The summed E-state index contributed by atoms with van der Waals surface area (Å²) in [5.41, 5.74) is 3.16. The average Bonchev–Trinajstić information content (AvgIpc) is 2.96. The van der Waals surface area contributed by atoms with Crippen LogP contribution in [-0.2, 0) is 11.2 Å². The van der Waals surface area contributed by atoms with Crippen molar-refractivity contribution in [3.63, 3.8) is 0 Å². The molecule has 0 aliphatic heterocycles. The van der Waals surface area contributed by atoms with Gasteiger partial charge in [-0.1, -0.05) is 25.3 Å². The predicted molar refractivity (Wildman–Crippen MR) is 90.1 cm³/mol. The zero-order valence-electron chi connectivity index (χ0n) is 13.6. The van der Waals surface area contributed by atoms with Crippen molar-refractivity contribution in [2.75, 3.05) is 6.54 Å². The molecule has 1 aliphatic carbocycles. The molecule has 1 fully saturated rings. The van der Waals surface area contributed by atoms with Crippen LogP contribution in [0.2, 0.25) is 0 Å². The zero-order valence-corrected chi connectivity index (χ0v) is 13.6. The Labute approximate surface area is 136 Å². The minimum absolute atomic E-state index is 0.123. The molecule has 1 aromatic carbocycles. The van der Waals surface area contributed by atoms with Gasteiger partial charge >= 0.3 is 0 Å². The normalized spacial score (nSPS) is 17.3. The summed E-state index contributed by atoms with van der Waals surface area (Å²) in [6.07, 6.45) is 5.14. The second-order valence-electron chi connectivity index (χ2n) is 6.59. The van der Waals surface area contributed by atoms with Crippen molar-refractivity contribution >= 4 is 16.9 Å². The Morgan fingerprint density at radius 1 is 1.39 bits per heavy atom. The van der Waals surface area contributed by atoms with Crippen LogP contribution in [-0.4, -0.2) is 33.6 Å². The van der Waals surface area contributed by atoms with Crippen LogP contribution in [0.5, 0.6) is 0 Å². The highest BCUT2D eigenvalue weighted by Gasteiger charge is 2.27. The number of H-pyrrole nitrogens is 1. The highest BCUT2D eigenvalue weighted by molar-refractivity contribution is 5.80. The molecule has 1 aromatic heterocycles. The quantitative estimate of drug-likeness (QED) is 0.793. The standard InChI is InChI=1S/C18H25N3O2/c1-12-7-8-14-15(11-12)21-16(20-14)9-10-19-18(23)17(22)13-5-3-2-4-6-13/h7-8,11,13,17,22H,2-6,9-10H2,1H3,(H,19,23)(H,20,21). The maximum absolute atomic E-state index is 12.1. The van der Waals surface area contributed by atoms with Crippen LogP contribution in [0, 0.1) is 12.8 Å². The lowest BCUT2D eigenvalue weighted by Gasteiger charge is -2.25. The van der Waals surface area contributed by atoms with E-state index in [4.69, 9.17) is 0 Å². The highest BCUT2D eigenvalue weighted by atomic mass is 16.3. The molecule has 3 rings (SSSR count). The van der Waals surface area contributed by atoms with E-state index in [2.05, 4.69) is 21.4 Å². The zero-order chi connectivity index (χ0) is 16.2. The van der Waals surface area contributed by atoms with Crippen LogP contribution in [0.25, 0.3) is 11.0 Å². The molecule has 0 bridgehead atoms. The smallest absolute Gasteiger partial charge is 0.249 e. The average molecular weight is 315 g/mol. The number of benzene rings is 1. The summed E-state index contributed by atoms with van der Waals surface area (Å²) in [6, 6.07) is 6.10. The molecule has 0 radical (unpaired) electrons. The molecule has 1 saturated carbocycles. The van der Waals surface area contributed by atoms with E-state index in [1.165, 1.54) is 12.0 Å². The number of amides is 1. The van der Waals surface area contributed by atoms with E-state index in [1.54, 1.807) is 0 Å². The van der Waals surface area contributed by atoms with Gasteiger partial charge in [0, 0.05) is 13.0 Å². The minimum atomic E-state index is -0.867. The molecule has 1 amide bonds. The van der Waals surface area contributed by atoms with E-state index in [0.29, 0.717) is 13.0 Å². The number of aromatic nitrogens is 2. The molecule has 23 heavy (non-hydrogen) atoms. The Morgan fingerprint density at radius 3 is 2.96 bits per heavy atom. The maximum Gasteiger partial charge on any atom is 0.249 e. The lowest BCUT2D eigenvalue weighted by atomic mass is 9.85. The summed E-state index contributed by atoms with van der Waals surface area (Å²) >= 11 is 0. The molecular weight excluding hydrogens is 290 g/mol. The van der Waals surface area contributed by atoms with Gasteiger partial charge in [-0.05, 0) is 43.4 Å². The van der Waals surface area contributed by atoms with E-state index < -0.39 is 6.10 Å². The van der Waals surface area contributed by atoms with Crippen LogP contribution >= 0.6 is 0 Å². The predicted octanol–water partition coefficient (Wildman–Crippen LogP) is 2.47. The van der Waals surface area contributed by atoms with Gasteiger partial charge in [-0.2, -0.15) is 0 Å². The van der Waals surface area contributed by atoms with E-state index in [-0.39, 0.29) is 11.8 Å². The number of carbonyl (C=O) groups is 1. The topological polar surface area (TPSA) is 78.0 Å². The number of imidazole rings is 1. The van der Waals surface area contributed by atoms with Crippen LogP contribution in [0.4, 0.5) is 0 Å². The molecule has 1 atom stereocenters. The van der Waals surface area contributed by atoms with Crippen molar-refractivity contribution in [1.29, 1.82) is 0 Å². The molecule has 0 saturated heterocycles. The molecule has 5 heteroatoms. The summed E-state index contributed by atoms with van der Waals surface area (Å²) in [5.74, 6) is 0.736. The Kier molecular flexibility index (Phi) is 4.96. The first-order valence-electron chi connectivity index (χ1n) is 8.54. The monoisotopic (exact) mass is 315 g/mol. The molecule has 1 aliphatic rings. The van der Waals surface area contributed by atoms with Gasteiger partial charge in [0.25, 0.3) is 0 Å². The number of nitrogens with one attached hydrogen (secondary N) is 2. The van der Waals surface area contributed by atoms with Gasteiger partial charge in [-0.15, -0.1) is 0 Å². The molecular formula is C18H25N3O2. The third-order valence-electron chi connectivity index (χ3n) is 4.71. The Bertz CT molecular complexity index is 674. The first-order valence-corrected chi connectivity index (χ1v) is 8.54. The number of carbonyl (C=O) groups excluding carboxylic acids is 1. The lowest BCUT2D eigenvalue weighted by molar-refractivity contribution is -0.132. The number of aryl methyl sites for hydroxylation is 1. The lowest BCUT2D eigenvalue weighted by Crippen LogP contribution is -2.40. The van der Waals surface area contributed by atoms with Crippen molar-refractivity contribution < 1.29 is 9.90 Å². The molecule has 0 spiro atoms. The fourth-order valence-corrected chi connectivity index (χ4v) is 3.37. The van der Waals surface area contributed by atoms with Crippen molar-refractivity contribution in [1.82, 2.24) is 15.3 Å². The number of aliphatic hydroxyl groups excluding tert-OH is 1. The number of aromatic amines is 1. The second kappa shape index (κ2) is 7.13. The highest BCUT2D eigenvalue weighted by Crippen LogP contribution is 2.26. The third kappa shape index (κ3) is 3.91. The Morgan fingerprint density at radius 2 is 2.17 bits per heavy atom. The number of rotatable bonds is 5. The first kappa shape index (κ1) is 16.0. The van der Waals surface area contributed by atoms with Crippen molar-refractivity contribution in [2.45, 2.75) is 51.6 Å². The van der Waals surface area contributed by atoms with E-state index in [1.807, 2.05) is 19.1 Å². The fourth-order valence-electron chi connectivity index (χ4n) is 3.37. The van der Waals surface area contributed by atoms with Gasteiger partial charge in [0.1, 0.15) is 11.9 Å². The maximum atomic E-state index is 12.1. The Balaban J connectivity index is 1.50. The van der Waals surface area contributed by atoms with Gasteiger partial charge in [0.15, 0.2) is 0 Å². The summed E-state index contributed by atoms with van der Waals surface area (Å²) < 4.78 is 0. The van der Waals surface area contributed by atoms with E-state index >= 15 is 0 Å². The minimum Gasteiger partial charge on any atom is -0.383 e. The molecule has 5 nitrogen and oxygen atoms in total. The molecule has 1 unspecified atom stereocenters. The van der Waals surface area contributed by atoms with Gasteiger partial charge in [-0.3, -0.25) is 4.79 Å². The summed E-state index contributed by atoms with van der Waals surface area (Å²) in [6.45, 7) is 2.54. The van der Waals surface area contributed by atoms with Gasteiger partial charge in [-0.25, -0.2) is 4.98 Å². The van der Waals surface area contributed by atoms with E-state index in [9.17, 15) is 9.90 Å². The number of hydrogen-bond acceptors (Lipinski definition) is 3. The largest absolute Gasteiger partial charge is 0.383 e. The summed E-state index contributed by atoms with van der Waals surface area (Å²) in [4.78, 5) is 19.9. The van der Waals surface area contributed by atoms with Gasteiger partial charge < -0.3 is 15.4 Å². The summed E-state index contributed by atoms with van der Waals surface area (Å²) in [5, 5.41) is 13.0. The van der Waals surface area contributed by atoms with Crippen molar-refractivity contribution in [3.05, 3.63) is 29.6 Å². The molecule has 2 aromatic rings. The third-order valence-corrected chi connectivity index (χ3v) is 4.71. The van der Waals surface area contributed by atoms with Crippen LogP contribution in [0.15, 0.2) is 18.2 Å². The van der Waals surface area contributed by atoms with E-state index in [0.717, 1.165) is 42.5 Å². The van der Waals surface area contributed by atoms with Crippen LogP contribution in [0.1, 0.15) is 43.5 Å². The van der Waals surface area contributed by atoms with Crippen LogP contribution in [0.3, 0.4) is 0 Å². The number of hydrogen-bond donors (Lipinski definition) is 3. The van der Waals surface area contributed by atoms with Gasteiger partial charge in [0.05, 0.1) is 11.0 Å². The molecule has 1 heterocycles. The first-order chi connectivity index (χ1) is 11.1. The Hall–Kier alpha value is -1.88. The SMILES string of the molecule is Cc1ccc2nc(CCNC(=O)C(O)C3CCCCC3)[nH]c2c1. The second-order valence-corrected chi connectivity index (χ2v) is 6.59. The molecule has 3 N–H and O–H groups in total. The number of nitrogens with zero attached hydrogens (tertiary/aromatic N) is 1. The van der Waals surface area contributed by atoms with Crippen molar-refractivity contribution in [3.8, 4) is 0 Å².